The number of nitro groups is 1. The summed E-state index contributed by atoms with van der Waals surface area (Å²) in [6.45, 7) is 4.05. The van der Waals surface area contributed by atoms with Crippen molar-refractivity contribution in [3.63, 3.8) is 0 Å². The molecule has 2 rings (SSSR count). The minimum Gasteiger partial charge on any atom is -0.492 e. The van der Waals surface area contributed by atoms with Crippen LogP contribution in [-0.2, 0) is 4.79 Å². The lowest BCUT2D eigenvalue weighted by atomic mass is 10.1. The van der Waals surface area contributed by atoms with Gasteiger partial charge in [-0.3, -0.25) is 14.9 Å². The van der Waals surface area contributed by atoms with Crippen LogP contribution >= 0.6 is 31.9 Å². The Morgan fingerprint density at radius 3 is 2.50 bits per heavy atom. The van der Waals surface area contributed by atoms with Gasteiger partial charge in [-0.15, -0.1) is 0 Å². The Morgan fingerprint density at radius 2 is 1.96 bits per heavy atom. The first-order valence-electron chi connectivity index (χ1n) is 8.06. The number of nitrogens with zero attached hydrogens (tertiary/aromatic N) is 2. The maximum Gasteiger partial charge on any atom is 0.271 e. The van der Waals surface area contributed by atoms with Crippen LogP contribution in [0.2, 0.25) is 0 Å². The highest BCUT2D eigenvalue weighted by molar-refractivity contribution is 9.11. The molecule has 0 saturated heterocycles. The zero-order chi connectivity index (χ0) is 20.8. The fourth-order valence-electron chi connectivity index (χ4n) is 2.31. The highest BCUT2D eigenvalue weighted by atomic mass is 79.9. The van der Waals surface area contributed by atoms with Crippen LogP contribution < -0.4 is 10.1 Å². The number of benzene rings is 2. The number of nitrogens with one attached hydrogen (secondary N) is 1. The van der Waals surface area contributed by atoms with Crippen LogP contribution in [0.15, 0.2) is 44.9 Å². The molecule has 0 spiro atoms. The second-order valence-electron chi connectivity index (χ2n) is 5.63. The number of rotatable bonds is 6. The maximum atomic E-state index is 12.5. The van der Waals surface area contributed by atoms with Crippen LogP contribution in [0.25, 0.3) is 6.08 Å². The van der Waals surface area contributed by atoms with Crippen molar-refractivity contribution in [1.82, 2.24) is 0 Å². The molecule has 144 valence electrons. The van der Waals surface area contributed by atoms with E-state index in [0.29, 0.717) is 32.4 Å². The third kappa shape index (κ3) is 5.18. The summed E-state index contributed by atoms with van der Waals surface area (Å²) < 4.78 is 6.85. The van der Waals surface area contributed by atoms with Gasteiger partial charge >= 0.3 is 0 Å². The Balaban J connectivity index is 2.33. The third-order valence-corrected chi connectivity index (χ3v) is 4.84. The summed E-state index contributed by atoms with van der Waals surface area (Å²) in [6, 6.07) is 9.44. The Bertz CT molecular complexity index is 990. The number of anilines is 1. The molecule has 7 nitrogen and oxygen atoms in total. The van der Waals surface area contributed by atoms with Crippen LogP contribution in [0.5, 0.6) is 5.75 Å². The molecule has 0 radical (unpaired) electrons. The number of aryl methyl sites for hydroxylation is 1. The lowest BCUT2D eigenvalue weighted by Crippen LogP contribution is -2.14. The smallest absolute Gasteiger partial charge is 0.271 e. The van der Waals surface area contributed by atoms with Crippen molar-refractivity contribution < 1.29 is 14.5 Å². The van der Waals surface area contributed by atoms with E-state index in [1.54, 1.807) is 19.1 Å². The van der Waals surface area contributed by atoms with E-state index in [-0.39, 0.29) is 16.9 Å². The second-order valence-corrected chi connectivity index (χ2v) is 7.34. The number of amides is 1. The van der Waals surface area contributed by atoms with Crippen molar-refractivity contribution in [2.75, 3.05) is 11.9 Å². The molecule has 1 amide bonds. The number of carbonyl (C=O) groups excluding carboxylic acids is 1. The molecule has 0 unspecified atom stereocenters. The number of carbonyl (C=O) groups is 1. The average Bonchev–Trinajstić information content (AvgIpc) is 2.64. The summed E-state index contributed by atoms with van der Waals surface area (Å²) in [6.07, 6.45) is 1.42. The van der Waals surface area contributed by atoms with E-state index in [4.69, 9.17) is 4.74 Å². The monoisotopic (exact) mass is 507 g/mol. The van der Waals surface area contributed by atoms with Gasteiger partial charge in [0.1, 0.15) is 17.4 Å². The molecule has 9 heteroatoms. The van der Waals surface area contributed by atoms with Crippen molar-refractivity contribution in [3.05, 3.63) is 66.1 Å². The summed E-state index contributed by atoms with van der Waals surface area (Å²) in [5, 5.41) is 22.9. The maximum absolute atomic E-state index is 12.5. The summed E-state index contributed by atoms with van der Waals surface area (Å²) in [5.41, 5.74) is 1.22. The van der Waals surface area contributed by atoms with E-state index in [9.17, 15) is 20.2 Å². The number of nitro benzene ring substituents is 1. The molecule has 0 aliphatic carbocycles. The largest absolute Gasteiger partial charge is 0.492 e. The zero-order valence-electron chi connectivity index (χ0n) is 15.0. The highest BCUT2D eigenvalue weighted by Gasteiger charge is 2.15. The summed E-state index contributed by atoms with van der Waals surface area (Å²) in [4.78, 5) is 22.9. The molecule has 0 aliphatic rings. The second kappa shape index (κ2) is 9.48. The van der Waals surface area contributed by atoms with Gasteiger partial charge in [-0.25, -0.2) is 0 Å². The number of ether oxygens (including phenoxy) is 1. The number of nitriles is 1. The predicted molar refractivity (Wildman–Crippen MR) is 113 cm³/mol. The number of halogens is 2. The van der Waals surface area contributed by atoms with Gasteiger partial charge in [0.25, 0.3) is 11.6 Å². The number of non-ortho nitro benzene ring substituents is 1. The SMILES string of the molecule is CCOc1c(Br)cc(/C=C(\C#N)C(=O)Nc2cc([N+](=O)[O-])ccc2C)cc1Br. The summed E-state index contributed by atoms with van der Waals surface area (Å²) >= 11 is 6.80. The van der Waals surface area contributed by atoms with Gasteiger partial charge < -0.3 is 10.1 Å². The minimum absolute atomic E-state index is 0.145. The molecule has 0 heterocycles. The number of hydrogen-bond acceptors (Lipinski definition) is 5. The van der Waals surface area contributed by atoms with E-state index >= 15 is 0 Å². The minimum atomic E-state index is -0.660. The van der Waals surface area contributed by atoms with E-state index in [1.807, 2.05) is 13.0 Å². The Labute approximate surface area is 178 Å². The summed E-state index contributed by atoms with van der Waals surface area (Å²) in [7, 11) is 0. The standard InChI is InChI=1S/C19H15Br2N3O4/c1-3-28-18-15(20)7-12(8-16(18)21)6-13(10-22)19(25)23-17-9-14(24(26)27)5-4-11(17)2/h4-9H,3H2,1-2H3,(H,23,25)/b13-6+. The van der Waals surface area contributed by atoms with Gasteiger partial charge in [0.15, 0.2) is 0 Å². The van der Waals surface area contributed by atoms with Gasteiger partial charge in [-0.1, -0.05) is 6.07 Å². The van der Waals surface area contributed by atoms with Crippen LogP contribution in [0.1, 0.15) is 18.1 Å². The lowest BCUT2D eigenvalue weighted by molar-refractivity contribution is -0.384. The van der Waals surface area contributed by atoms with E-state index < -0.39 is 10.8 Å². The summed E-state index contributed by atoms with van der Waals surface area (Å²) in [5.74, 6) is -0.0398. The topological polar surface area (TPSA) is 105 Å². The first-order chi connectivity index (χ1) is 13.3. The van der Waals surface area contributed by atoms with Crippen LogP contribution in [0.4, 0.5) is 11.4 Å². The molecule has 2 aromatic rings. The van der Waals surface area contributed by atoms with Gasteiger partial charge in [-0.05, 0) is 75.0 Å². The molecule has 0 aliphatic heterocycles. The molecule has 28 heavy (non-hydrogen) atoms. The van der Waals surface area contributed by atoms with E-state index in [0.717, 1.165) is 0 Å². The Hall–Kier alpha value is -2.70. The van der Waals surface area contributed by atoms with E-state index in [1.165, 1.54) is 24.3 Å². The van der Waals surface area contributed by atoms with Crippen molar-refractivity contribution in [2.45, 2.75) is 13.8 Å². The molecule has 1 N–H and O–H groups in total. The Kier molecular flexibility index (Phi) is 7.31. The van der Waals surface area contributed by atoms with Crippen molar-refractivity contribution in [3.8, 4) is 11.8 Å². The molecule has 0 fully saturated rings. The van der Waals surface area contributed by atoms with Crippen molar-refractivity contribution in [1.29, 1.82) is 5.26 Å². The molecular formula is C19H15Br2N3O4. The molecule has 0 atom stereocenters. The molecule has 0 bridgehead atoms. The molecular weight excluding hydrogens is 494 g/mol. The molecule has 2 aromatic carbocycles. The van der Waals surface area contributed by atoms with Crippen LogP contribution in [-0.4, -0.2) is 17.4 Å². The third-order valence-electron chi connectivity index (χ3n) is 3.67. The zero-order valence-corrected chi connectivity index (χ0v) is 18.1. The molecule has 0 aromatic heterocycles. The van der Waals surface area contributed by atoms with Gasteiger partial charge in [-0.2, -0.15) is 5.26 Å². The molecule has 0 saturated carbocycles. The quantitative estimate of drug-likeness (QED) is 0.244. The fourth-order valence-corrected chi connectivity index (χ4v) is 3.76. The normalized spacial score (nSPS) is 10.9. The average molecular weight is 509 g/mol. The van der Waals surface area contributed by atoms with Crippen LogP contribution in [0, 0.1) is 28.4 Å². The van der Waals surface area contributed by atoms with Crippen molar-refractivity contribution >= 4 is 55.2 Å². The first kappa shape index (κ1) is 21.6. The highest BCUT2D eigenvalue weighted by Crippen LogP contribution is 2.35. The van der Waals surface area contributed by atoms with Crippen LogP contribution in [0.3, 0.4) is 0 Å². The first-order valence-corrected chi connectivity index (χ1v) is 9.65. The van der Waals surface area contributed by atoms with Gasteiger partial charge in [0, 0.05) is 12.1 Å². The lowest BCUT2D eigenvalue weighted by Gasteiger charge is -2.10. The van der Waals surface area contributed by atoms with Crippen molar-refractivity contribution in [2.24, 2.45) is 0 Å². The van der Waals surface area contributed by atoms with E-state index in [2.05, 4.69) is 37.2 Å². The predicted octanol–water partition coefficient (Wildman–Crippen LogP) is 5.37. The Morgan fingerprint density at radius 1 is 1.32 bits per heavy atom. The van der Waals surface area contributed by atoms with Gasteiger partial charge in [0.2, 0.25) is 0 Å². The number of hydrogen-bond donors (Lipinski definition) is 1. The fraction of sp³-hybridized carbons (Fsp3) is 0.158. The van der Waals surface area contributed by atoms with Gasteiger partial charge in [0.05, 0.1) is 26.2 Å².